The standard InChI is InChI=1S/C17H21NS/c1-2-13-10-11-19-16(13)12-18-17(15-8-9-15)14-6-4-3-5-7-14/h3-7,10-11,15,17-18H,2,8-9,12H2,1H3. The van der Waals surface area contributed by atoms with Gasteiger partial charge in [-0.15, -0.1) is 11.3 Å². The summed E-state index contributed by atoms with van der Waals surface area (Å²) in [5.74, 6) is 0.840. The lowest BCUT2D eigenvalue weighted by Gasteiger charge is -2.18. The summed E-state index contributed by atoms with van der Waals surface area (Å²) in [5, 5.41) is 6.00. The van der Waals surface area contributed by atoms with E-state index in [0.717, 1.165) is 18.9 Å². The van der Waals surface area contributed by atoms with E-state index in [1.54, 1.807) is 0 Å². The fraction of sp³-hybridized carbons (Fsp3) is 0.412. The zero-order chi connectivity index (χ0) is 13.1. The van der Waals surface area contributed by atoms with Crippen molar-refractivity contribution in [2.24, 2.45) is 5.92 Å². The number of hydrogen-bond acceptors (Lipinski definition) is 2. The number of nitrogens with one attached hydrogen (secondary N) is 1. The van der Waals surface area contributed by atoms with Gasteiger partial charge in [0, 0.05) is 17.5 Å². The highest BCUT2D eigenvalue weighted by Gasteiger charge is 2.31. The van der Waals surface area contributed by atoms with Crippen LogP contribution >= 0.6 is 11.3 Å². The van der Waals surface area contributed by atoms with Gasteiger partial charge in [0.15, 0.2) is 0 Å². The Balaban J connectivity index is 1.69. The normalized spacial score (nSPS) is 16.5. The zero-order valence-electron chi connectivity index (χ0n) is 11.4. The van der Waals surface area contributed by atoms with Crippen molar-refractivity contribution >= 4 is 11.3 Å². The lowest BCUT2D eigenvalue weighted by molar-refractivity contribution is 0.482. The number of hydrogen-bond donors (Lipinski definition) is 1. The molecule has 1 nitrogen and oxygen atoms in total. The summed E-state index contributed by atoms with van der Waals surface area (Å²) in [6.45, 7) is 3.25. The molecule has 1 aliphatic rings. The fourth-order valence-corrected chi connectivity index (χ4v) is 3.61. The summed E-state index contributed by atoms with van der Waals surface area (Å²) < 4.78 is 0. The summed E-state index contributed by atoms with van der Waals surface area (Å²) in [7, 11) is 0. The molecule has 0 radical (unpaired) electrons. The van der Waals surface area contributed by atoms with Crippen LogP contribution in [0.1, 0.15) is 41.8 Å². The van der Waals surface area contributed by atoms with Crippen LogP contribution in [-0.4, -0.2) is 0 Å². The monoisotopic (exact) mass is 271 g/mol. The smallest absolute Gasteiger partial charge is 0.0351 e. The third kappa shape index (κ3) is 3.07. The highest BCUT2D eigenvalue weighted by atomic mass is 32.1. The predicted octanol–water partition coefficient (Wildman–Crippen LogP) is 4.55. The quantitative estimate of drug-likeness (QED) is 0.812. The molecule has 2 heteroatoms. The Labute approximate surface area is 119 Å². The molecule has 0 saturated heterocycles. The first-order valence-corrected chi connectivity index (χ1v) is 8.10. The van der Waals surface area contributed by atoms with E-state index in [9.17, 15) is 0 Å². The second-order valence-electron chi connectivity index (χ2n) is 5.33. The third-order valence-electron chi connectivity index (χ3n) is 3.95. The number of benzene rings is 1. The Morgan fingerprint density at radius 2 is 2.00 bits per heavy atom. The van der Waals surface area contributed by atoms with E-state index in [2.05, 4.69) is 54.0 Å². The zero-order valence-corrected chi connectivity index (χ0v) is 12.2. The summed E-state index contributed by atoms with van der Waals surface area (Å²) in [6.07, 6.45) is 3.88. The summed E-state index contributed by atoms with van der Waals surface area (Å²) in [4.78, 5) is 1.50. The molecular formula is C17H21NS. The molecule has 1 saturated carbocycles. The second-order valence-corrected chi connectivity index (χ2v) is 6.33. The molecule has 1 atom stereocenters. The molecule has 0 aliphatic heterocycles. The van der Waals surface area contributed by atoms with Crippen LogP contribution < -0.4 is 5.32 Å². The van der Waals surface area contributed by atoms with Gasteiger partial charge in [-0.05, 0) is 47.8 Å². The molecule has 0 bridgehead atoms. The molecule has 1 heterocycles. The van der Waals surface area contributed by atoms with Crippen LogP contribution in [0.5, 0.6) is 0 Å². The lowest BCUT2D eigenvalue weighted by atomic mass is 10.0. The minimum absolute atomic E-state index is 0.535. The molecule has 1 aromatic carbocycles. The average molecular weight is 271 g/mol. The van der Waals surface area contributed by atoms with Gasteiger partial charge >= 0.3 is 0 Å². The Morgan fingerprint density at radius 3 is 2.68 bits per heavy atom. The molecule has 1 fully saturated rings. The van der Waals surface area contributed by atoms with Crippen molar-refractivity contribution in [2.75, 3.05) is 0 Å². The summed E-state index contributed by atoms with van der Waals surface area (Å²) >= 11 is 1.88. The largest absolute Gasteiger partial charge is 0.305 e. The minimum atomic E-state index is 0.535. The average Bonchev–Trinajstić information content (AvgIpc) is 3.18. The van der Waals surface area contributed by atoms with Gasteiger partial charge in [-0.1, -0.05) is 37.3 Å². The van der Waals surface area contributed by atoms with E-state index in [-0.39, 0.29) is 0 Å². The SMILES string of the molecule is CCc1ccsc1CNC(c1ccccc1)C1CC1. The minimum Gasteiger partial charge on any atom is -0.305 e. The van der Waals surface area contributed by atoms with Crippen LogP contribution in [0.25, 0.3) is 0 Å². The third-order valence-corrected chi connectivity index (χ3v) is 4.92. The molecule has 0 spiro atoms. The summed E-state index contributed by atoms with van der Waals surface area (Å²) in [6, 6.07) is 13.7. The molecule has 0 amide bonds. The van der Waals surface area contributed by atoms with Crippen LogP contribution in [-0.2, 0) is 13.0 Å². The molecule has 19 heavy (non-hydrogen) atoms. The van der Waals surface area contributed by atoms with Crippen molar-refractivity contribution in [1.29, 1.82) is 0 Å². The van der Waals surface area contributed by atoms with Gasteiger partial charge in [-0.25, -0.2) is 0 Å². The lowest BCUT2D eigenvalue weighted by Crippen LogP contribution is -2.22. The van der Waals surface area contributed by atoms with Gasteiger partial charge in [0.25, 0.3) is 0 Å². The molecular weight excluding hydrogens is 250 g/mol. The Bertz CT molecular complexity index is 513. The number of rotatable bonds is 6. The first-order chi connectivity index (χ1) is 9.38. The van der Waals surface area contributed by atoms with Crippen molar-refractivity contribution in [1.82, 2.24) is 5.32 Å². The number of aryl methyl sites for hydroxylation is 1. The first-order valence-electron chi connectivity index (χ1n) is 7.22. The fourth-order valence-electron chi connectivity index (χ4n) is 2.69. The molecule has 1 unspecified atom stereocenters. The molecule has 1 aliphatic carbocycles. The van der Waals surface area contributed by atoms with Gasteiger partial charge < -0.3 is 5.32 Å². The highest BCUT2D eigenvalue weighted by Crippen LogP contribution is 2.41. The maximum atomic E-state index is 3.79. The Morgan fingerprint density at radius 1 is 1.21 bits per heavy atom. The van der Waals surface area contributed by atoms with E-state index in [1.165, 1.54) is 28.8 Å². The molecule has 2 aromatic rings. The molecule has 3 rings (SSSR count). The molecule has 100 valence electrons. The molecule has 1 N–H and O–H groups in total. The van der Waals surface area contributed by atoms with Crippen LogP contribution in [0.4, 0.5) is 0 Å². The van der Waals surface area contributed by atoms with Gasteiger partial charge in [0.2, 0.25) is 0 Å². The van der Waals surface area contributed by atoms with Crippen LogP contribution in [0.15, 0.2) is 41.8 Å². The topological polar surface area (TPSA) is 12.0 Å². The van der Waals surface area contributed by atoms with Gasteiger partial charge in [-0.2, -0.15) is 0 Å². The maximum absolute atomic E-state index is 3.79. The van der Waals surface area contributed by atoms with Gasteiger partial charge in [-0.3, -0.25) is 0 Å². The predicted molar refractivity (Wildman–Crippen MR) is 82.4 cm³/mol. The van der Waals surface area contributed by atoms with E-state index < -0.39 is 0 Å². The van der Waals surface area contributed by atoms with Gasteiger partial charge in [0.1, 0.15) is 0 Å². The first kappa shape index (κ1) is 12.9. The van der Waals surface area contributed by atoms with Crippen molar-refractivity contribution < 1.29 is 0 Å². The highest BCUT2D eigenvalue weighted by molar-refractivity contribution is 7.10. The van der Waals surface area contributed by atoms with Crippen LogP contribution in [0.2, 0.25) is 0 Å². The van der Waals surface area contributed by atoms with E-state index in [1.807, 2.05) is 11.3 Å². The van der Waals surface area contributed by atoms with Crippen LogP contribution in [0.3, 0.4) is 0 Å². The van der Waals surface area contributed by atoms with Crippen LogP contribution in [0, 0.1) is 5.92 Å². The molecule has 1 aromatic heterocycles. The Kier molecular flexibility index (Phi) is 4.00. The number of thiophene rings is 1. The van der Waals surface area contributed by atoms with Crippen molar-refractivity contribution in [3.05, 3.63) is 57.8 Å². The van der Waals surface area contributed by atoms with E-state index >= 15 is 0 Å². The summed E-state index contributed by atoms with van der Waals surface area (Å²) in [5.41, 5.74) is 2.94. The van der Waals surface area contributed by atoms with Crippen molar-refractivity contribution in [3.8, 4) is 0 Å². The second kappa shape index (κ2) is 5.89. The van der Waals surface area contributed by atoms with Crippen molar-refractivity contribution in [3.63, 3.8) is 0 Å². The van der Waals surface area contributed by atoms with E-state index in [4.69, 9.17) is 0 Å². The maximum Gasteiger partial charge on any atom is 0.0351 e. The van der Waals surface area contributed by atoms with E-state index in [0.29, 0.717) is 6.04 Å². The van der Waals surface area contributed by atoms with Crippen molar-refractivity contribution in [2.45, 2.75) is 38.8 Å². The Hall–Kier alpha value is -1.12. The van der Waals surface area contributed by atoms with Gasteiger partial charge in [0.05, 0.1) is 0 Å².